The molecule has 9 N–H and O–H groups in total. The van der Waals surface area contributed by atoms with Crippen LogP contribution in [0.4, 0.5) is 0 Å². The average molecular weight is 331 g/mol. The number of carboxylic acid groups (broad SMARTS) is 2. The van der Waals surface area contributed by atoms with E-state index in [0.717, 1.165) is 0 Å². The van der Waals surface area contributed by atoms with E-state index in [4.69, 9.17) is 22.0 Å². The third-order valence-electron chi connectivity index (χ3n) is 3.56. The Morgan fingerprint density at radius 1 is 1.13 bits per heavy atom. The Balaban J connectivity index is 4.27. The van der Waals surface area contributed by atoms with E-state index >= 15 is 0 Å². The number of aliphatic hydroxyl groups is 1. The monoisotopic (exact) mass is 331 g/mol. The van der Waals surface area contributed by atoms with Crippen molar-refractivity contribution in [3.63, 3.8) is 0 Å². The van der Waals surface area contributed by atoms with Gasteiger partial charge in [-0.3, -0.25) is 15.0 Å². The van der Waals surface area contributed by atoms with Gasteiger partial charge < -0.3 is 32.1 Å². The zero-order chi connectivity index (χ0) is 17.8. The van der Waals surface area contributed by atoms with Crippen molar-refractivity contribution in [3.8, 4) is 0 Å². The van der Waals surface area contributed by atoms with E-state index in [0.29, 0.717) is 32.2 Å². The Morgan fingerprint density at radius 2 is 1.78 bits per heavy atom. The lowest BCUT2D eigenvalue weighted by atomic mass is 9.84. The molecule has 0 saturated heterocycles. The SMILES string of the molecule is N=C(N)NCCCCC(CO)[C](CCCC(N)C(=O)O)C(=O)O. The molecule has 0 saturated carbocycles. The fraction of sp³-hybridized carbons (Fsp3) is 0.714. The van der Waals surface area contributed by atoms with Crippen molar-refractivity contribution in [2.45, 2.75) is 44.6 Å². The number of hydrogen-bond acceptors (Lipinski definition) is 5. The molecule has 23 heavy (non-hydrogen) atoms. The summed E-state index contributed by atoms with van der Waals surface area (Å²) < 4.78 is 0. The molecule has 9 nitrogen and oxygen atoms in total. The summed E-state index contributed by atoms with van der Waals surface area (Å²) >= 11 is 0. The van der Waals surface area contributed by atoms with Crippen LogP contribution in [0.25, 0.3) is 0 Å². The standard InChI is InChI=1S/C14H27N4O5/c15-11(13(22)23)6-3-5-10(12(20)21)9(8-19)4-1-2-7-18-14(16)17/h9,11,19H,1-8,15H2,(H,20,21)(H,22,23)(H4,16,17,18). The number of carboxylic acids is 2. The van der Waals surface area contributed by atoms with Crippen LogP contribution in [0.5, 0.6) is 0 Å². The zero-order valence-electron chi connectivity index (χ0n) is 13.1. The third kappa shape index (κ3) is 9.69. The van der Waals surface area contributed by atoms with Gasteiger partial charge in [0.05, 0.1) is 5.92 Å². The number of rotatable bonds is 13. The molecule has 0 rings (SSSR count). The van der Waals surface area contributed by atoms with Gasteiger partial charge in [-0.2, -0.15) is 0 Å². The van der Waals surface area contributed by atoms with E-state index in [1.165, 1.54) is 0 Å². The van der Waals surface area contributed by atoms with Gasteiger partial charge in [-0.15, -0.1) is 0 Å². The molecule has 0 aliphatic carbocycles. The molecule has 1 radical (unpaired) electrons. The van der Waals surface area contributed by atoms with Gasteiger partial charge in [-0.25, -0.2) is 0 Å². The molecule has 133 valence electrons. The van der Waals surface area contributed by atoms with E-state index in [2.05, 4.69) is 5.32 Å². The highest BCUT2D eigenvalue weighted by Crippen LogP contribution is 2.26. The predicted molar refractivity (Wildman–Crippen MR) is 84.7 cm³/mol. The Bertz CT molecular complexity index is 391. The molecule has 2 atom stereocenters. The molecule has 0 heterocycles. The van der Waals surface area contributed by atoms with E-state index in [1.807, 2.05) is 0 Å². The van der Waals surface area contributed by atoms with Gasteiger partial charge in [-0.1, -0.05) is 12.8 Å². The van der Waals surface area contributed by atoms with Crippen LogP contribution in [-0.2, 0) is 9.59 Å². The van der Waals surface area contributed by atoms with Gasteiger partial charge in [0.2, 0.25) is 0 Å². The number of hydrogen-bond donors (Lipinski definition) is 7. The summed E-state index contributed by atoms with van der Waals surface area (Å²) in [5.41, 5.74) is 10.5. The fourth-order valence-corrected chi connectivity index (χ4v) is 2.24. The number of aliphatic carboxylic acids is 2. The lowest BCUT2D eigenvalue weighted by Crippen LogP contribution is -2.31. The van der Waals surface area contributed by atoms with Crippen molar-refractivity contribution in [1.82, 2.24) is 5.32 Å². The second kappa shape index (κ2) is 11.7. The minimum absolute atomic E-state index is 0.115. The highest BCUT2D eigenvalue weighted by molar-refractivity contribution is 5.83. The van der Waals surface area contributed by atoms with Crippen LogP contribution >= 0.6 is 0 Å². The van der Waals surface area contributed by atoms with Crippen LogP contribution in [0.2, 0.25) is 0 Å². The summed E-state index contributed by atoms with van der Waals surface area (Å²) in [6.45, 7) is 0.246. The summed E-state index contributed by atoms with van der Waals surface area (Å²) in [6.07, 6.45) is 2.62. The number of nitrogens with two attached hydrogens (primary N) is 2. The number of nitrogens with one attached hydrogen (secondary N) is 2. The highest BCUT2D eigenvalue weighted by atomic mass is 16.4. The van der Waals surface area contributed by atoms with Gasteiger partial charge in [-0.05, 0) is 31.6 Å². The molecule has 9 heteroatoms. The fourth-order valence-electron chi connectivity index (χ4n) is 2.24. The molecule has 0 aromatic carbocycles. The molecule has 0 aromatic rings. The Kier molecular flexibility index (Phi) is 10.7. The van der Waals surface area contributed by atoms with E-state index in [1.54, 1.807) is 0 Å². The molecule has 2 unspecified atom stereocenters. The summed E-state index contributed by atoms with van der Waals surface area (Å²) in [5, 5.41) is 37.0. The van der Waals surface area contributed by atoms with Crippen molar-refractivity contribution < 1.29 is 24.9 Å². The van der Waals surface area contributed by atoms with Gasteiger partial charge in [0, 0.05) is 13.2 Å². The number of carbonyl (C=O) groups is 2. The van der Waals surface area contributed by atoms with Crippen molar-refractivity contribution in [1.29, 1.82) is 5.41 Å². The zero-order valence-corrected chi connectivity index (χ0v) is 13.1. The van der Waals surface area contributed by atoms with Gasteiger partial charge >= 0.3 is 11.9 Å². The van der Waals surface area contributed by atoms with Crippen molar-refractivity contribution in [2.24, 2.45) is 17.4 Å². The van der Waals surface area contributed by atoms with Gasteiger partial charge in [0.1, 0.15) is 6.04 Å². The normalized spacial score (nSPS) is 13.5. The molecule has 0 aromatic heterocycles. The van der Waals surface area contributed by atoms with Crippen molar-refractivity contribution in [2.75, 3.05) is 13.2 Å². The topological polar surface area (TPSA) is 183 Å². The Morgan fingerprint density at radius 3 is 2.26 bits per heavy atom. The smallest absolute Gasteiger partial charge is 0.320 e. The van der Waals surface area contributed by atoms with Crippen molar-refractivity contribution >= 4 is 17.9 Å². The molecule has 0 fully saturated rings. The first-order chi connectivity index (χ1) is 10.8. The lowest BCUT2D eigenvalue weighted by molar-refractivity contribution is -0.138. The van der Waals surface area contributed by atoms with E-state index in [9.17, 15) is 19.8 Å². The lowest BCUT2D eigenvalue weighted by Gasteiger charge is -2.21. The van der Waals surface area contributed by atoms with Crippen LogP contribution in [0.3, 0.4) is 0 Å². The maximum absolute atomic E-state index is 11.3. The van der Waals surface area contributed by atoms with E-state index in [-0.39, 0.29) is 31.3 Å². The Labute approximate surface area is 135 Å². The maximum Gasteiger partial charge on any atom is 0.320 e. The summed E-state index contributed by atoms with van der Waals surface area (Å²) in [7, 11) is 0. The molecule has 0 amide bonds. The molecular weight excluding hydrogens is 304 g/mol. The van der Waals surface area contributed by atoms with Crippen LogP contribution in [0.15, 0.2) is 0 Å². The molecule has 0 bridgehead atoms. The predicted octanol–water partition coefficient (Wildman–Crippen LogP) is -0.510. The van der Waals surface area contributed by atoms with Gasteiger partial charge in [0.25, 0.3) is 0 Å². The number of guanidine groups is 1. The third-order valence-corrected chi connectivity index (χ3v) is 3.56. The quantitative estimate of drug-likeness (QED) is 0.134. The highest BCUT2D eigenvalue weighted by Gasteiger charge is 2.28. The van der Waals surface area contributed by atoms with Crippen LogP contribution < -0.4 is 16.8 Å². The average Bonchev–Trinajstić information content (AvgIpc) is 2.47. The number of unbranched alkanes of at least 4 members (excludes halogenated alkanes) is 1. The summed E-state index contributed by atoms with van der Waals surface area (Å²) in [5.74, 6) is -2.57. The van der Waals surface area contributed by atoms with Crippen LogP contribution in [0.1, 0.15) is 38.5 Å². The molecular formula is C14H27N4O5. The minimum Gasteiger partial charge on any atom is -0.481 e. The molecule has 0 aliphatic heterocycles. The first-order valence-electron chi connectivity index (χ1n) is 7.55. The van der Waals surface area contributed by atoms with Crippen LogP contribution in [-0.4, -0.2) is 52.4 Å². The van der Waals surface area contributed by atoms with Crippen LogP contribution in [0, 0.1) is 17.2 Å². The molecule has 0 aliphatic rings. The minimum atomic E-state index is -1.11. The second-order valence-electron chi connectivity index (χ2n) is 5.38. The first kappa shape index (κ1) is 21.1. The summed E-state index contributed by atoms with van der Waals surface area (Å²) in [4.78, 5) is 22.0. The Hall–Kier alpha value is -1.87. The number of aliphatic hydroxyl groups excluding tert-OH is 1. The first-order valence-corrected chi connectivity index (χ1v) is 7.55. The summed E-state index contributed by atoms with van der Waals surface area (Å²) in [6, 6.07) is -1.00. The molecule has 0 spiro atoms. The second-order valence-corrected chi connectivity index (χ2v) is 5.38. The van der Waals surface area contributed by atoms with Gasteiger partial charge in [0.15, 0.2) is 5.96 Å². The van der Waals surface area contributed by atoms with E-state index < -0.39 is 23.9 Å². The van der Waals surface area contributed by atoms with Crippen molar-refractivity contribution in [3.05, 3.63) is 5.92 Å². The largest absolute Gasteiger partial charge is 0.481 e. The maximum atomic E-state index is 11.3.